The van der Waals surface area contributed by atoms with E-state index in [1.54, 1.807) is 48.5 Å². The van der Waals surface area contributed by atoms with Crippen molar-refractivity contribution in [3.8, 4) is 5.75 Å². The number of rotatable bonds is 4. The van der Waals surface area contributed by atoms with Crippen LogP contribution >= 0.6 is 0 Å². The molecule has 26 heavy (non-hydrogen) atoms. The van der Waals surface area contributed by atoms with Crippen molar-refractivity contribution in [3.63, 3.8) is 0 Å². The molecule has 0 unspecified atom stereocenters. The smallest absolute Gasteiger partial charge is 0.275 e. The maximum atomic E-state index is 12.2. The van der Waals surface area contributed by atoms with Gasteiger partial charge in [-0.1, -0.05) is 42.5 Å². The van der Waals surface area contributed by atoms with Crippen LogP contribution in [0, 0.1) is 0 Å². The maximum Gasteiger partial charge on any atom is 0.275 e. The van der Waals surface area contributed by atoms with E-state index in [9.17, 15) is 14.7 Å². The van der Waals surface area contributed by atoms with Crippen LogP contribution in [0.5, 0.6) is 5.75 Å². The topological polar surface area (TPSA) is 90.8 Å². The normalized spacial score (nSPS) is 10.8. The highest BCUT2D eigenvalue weighted by molar-refractivity contribution is 6.03. The lowest BCUT2D eigenvalue weighted by Crippen LogP contribution is -2.17. The van der Waals surface area contributed by atoms with Gasteiger partial charge in [-0.3, -0.25) is 9.59 Å². The minimum atomic E-state index is -0.501. The molecule has 0 aliphatic rings. The first-order valence-corrected chi connectivity index (χ1v) is 7.96. The van der Waals surface area contributed by atoms with Crippen LogP contribution in [0.1, 0.15) is 22.8 Å². The zero-order valence-corrected chi connectivity index (χ0v) is 14.1. The number of amides is 2. The second-order valence-corrected chi connectivity index (χ2v) is 5.69. The largest absolute Gasteiger partial charge is 0.506 e. The molecule has 0 aliphatic heterocycles. The molecule has 2 amide bonds. The lowest BCUT2D eigenvalue weighted by atomic mass is 10.1. The summed E-state index contributed by atoms with van der Waals surface area (Å²) in [6, 6.07) is 17.6. The number of hydrogen-bond acceptors (Lipinski definition) is 4. The number of hydrogen-bond donors (Lipinski definition) is 3. The van der Waals surface area contributed by atoms with Gasteiger partial charge in [-0.2, -0.15) is 5.10 Å². The molecule has 0 spiro atoms. The first kappa shape index (κ1) is 17.2. The Bertz CT molecular complexity index is 995. The number of benzene rings is 3. The second kappa shape index (κ2) is 7.48. The summed E-state index contributed by atoms with van der Waals surface area (Å²) in [5.74, 6) is -0.719. The molecular formula is C20H17N3O3. The average molecular weight is 347 g/mol. The lowest BCUT2D eigenvalue weighted by molar-refractivity contribution is -0.114. The van der Waals surface area contributed by atoms with E-state index in [1.807, 2.05) is 12.1 Å². The summed E-state index contributed by atoms with van der Waals surface area (Å²) in [6.45, 7) is 1.44. The predicted molar refractivity (Wildman–Crippen MR) is 101 cm³/mol. The molecule has 0 radical (unpaired) electrons. The van der Waals surface area contributed by atoms with Crippen molar-refractivity contribution >= 4 is 34.5 Å². The third-order valence-electron chi connectivity index (χ3n) is 3.76. The number of carbonyl (C=O) groups excluding carboxylic acids is 2. The third-order valence-corrected chi connectivity index (χ3v) is 3.76. The molecule has 6 nitrogen and oxygen atoms in total. The van der Waals surface area contributed by atoms with Crippen LogP contribution in [0.15, 0.2) is 65.8 Å². The standard InChI is InChI=1S/C20H17N3O3/c1-13(24)22-16-9-6-14(7-10-16)12-21-23-20(26)18-11-8-15-4-2-3-5-17(15)19(18)25/h2-12,25H,1H3,(H,22,24)(H,23,26)/b21-12-. The summed E-state index contributed by atoms with van der Waals surface area (Å²) in [4.78, 5) is 23.2. The molecule has 0 atom stereocenters. The fourth-order valence-corrected chi connectivity index (χ4v) is 2.52. The van der Waals surface area contributed by atoms with Gasteiger partial charge in [0.15, 0.2) is 0 Å². The fraction of sp³-hybridized carbons (Fsp3) is 0.0500. The summed E-state index contributed by atoms with van der Waals surface area (Å²) < 4.78 is 0. The van der Waals surface area contributed by atoms with Crippen LogP contribution in [0.3, 0.4) is 0 Å². The number of nitrogens with one attached hydrogen (secondary N) is 2. The zero-order chi connectivity index (χ0) is 18.5. The molecule has 0 aromatic heterocycles. The van der Waals surface area contributed by atoms with Crippen molar-refractivity contribution in [1.82, 2.24) is 5.43 Å². The number of phenolic OH excluding ortho intramolecular Hbond substituents is 1. The van der Waals surface area contributed by atoms with Crippen LogP contribution in [0.25, 0.3) is 10.8 Å². The Kier molecular flexibility index (Phi) is 4.94. The molecule has 3 aromatic carbocycles. The van der Waals surface area contributed by atoms with Gasteiger partial charge in [0.05, 0.1) is 11.8 Å². The quantitative estimate of drug-likeness (QED) is 0.500. The van der Waals surface area contributed by atoms with E-state index in [1.165, 1.54) is 13.1 Å². The number of aromatic hydroxyl groups is 1. The summed E-state index contributed by atoms with van der Waals surface area (Å²) in [6.07, 6.45) is 1.48. The molecule has 130 valence electrons. The van der Waals surface area contributed by atoms with Gasteiger partial charge >= 0.3 is 0 Å². The van der Waals surface area contributed by atoms with E-state index >= 15 is 0 Å². The Balaban J connectivity index is 1.69. The van der Waals surface area contributed by atoms with Crippen molar-refractivity contribution in [2.75, 3.05) is 5.32 Å². The minimum Gasteiger partial charge on any atom is -0.506 e. The highest BCUT2D eigenvalue weighted by Gasteiger charge is 2.12. The first-order chi connectivity index (χ1) is 12.5. The summed E-state index contributed by atoms with van der Waals surface area (Å²) in [5.41, 5.74) is 3.99. The van der Waals surface area contributed by atoms with Crippen molar-refractivity contribution in [2.45, 2.75) is 6.92 Å². The van der Waals surface area contributed by atoms with Crippen molar-refractivity contribution in [3.05, 3.63) is 71.8 Å². The van der Waals surface area contributed by atoms with Gasteiger partial charge in [0.2, 0.25) is 5.91 Å². The SMILES string of the molecule is CC(=O)Nc1ccc(/C=N\NC(=O)c2ccc3ccccc3c2O)cc1. The van der Waals surface area contributed by atoms with Crippen LogP contribution in [-0.4, -0.2) is 23.1 Å². The number of hydrazone groups is 1. The molecule has 0 aliphatic carbocycles. The summed E-state index contributed by atoms with van der Waals surface area (Å²) in [5, 5.41) is 18.3. The number of phenols is 1. The Morgan fingerprint density at radius 1 is 1.00 bits per heavy atom. The number of anilines is 1. The van der Waals surface area contributed by atoms with E-state index in [0.29, 0.717) is 11.1 Å². The van der Waals surface area contributed by atoms with E-state index in [2.05, 4.69) is 15.8 Å². The Morgan fingerprint density at radius 3 is 2.46 bits per heavy atom. The van der Waals surface area contributed by atoms with Gasteiger partial charge in [0.25, 0.3) is 5.91 Å². The molecule has 0 heterocycles. The van der Waals surface area contributed by atoms with Gasteiger partial charge in [0, 0.05) is 18.0 Å². The molecule has 3 N–H and O–H groups in total. The molecule has 0 fully saturated rings. The highest BCUT2D eigenvalue weighted by Crippen LogP contribution is 2.28. The van der Waals surface area contributed by atoms with Crippen LogP contribution in [-0.2, 0) is 4.79 Å². The van der Waals surface area contributed by atoms with Crippen molar-refractivity contribution < 1.29 is 14.7 Å². The third kappa shape index (κ3) is 3.87. The van der Waals surface area contributed by atoms with E-state index in [0.717, 1.165) is 10.9 Å². The highest BCUT2D eigenvalue weighted by atomic mass is 16.3. The van der Waals surface area contributed by atoms with Crippen LogP contribution in [0.2, 0.25) is 0 Å². The molecule has 0 bridgehead atoms. The second-order valence-electron chi connectivity index (χ2n) is 5.69. The van der Waals surface area contributed by atoms with E-state index in [-0.39, 0.29) is 17.2 Å². The molecule has 3 rings (SSSR count). The molecule has 0 saturated heterocycles. The monoisotopic (exact) mass is 347 g/mol. The van der Waals surface area contributed by atoms with Gasteiger partial charge in [-0.25, -0.2) is 5.43 Å². The molecule has 6 heteroatoms. The van der Waals surface area contributed by atoms with E-state index < -0.39 is 5.91 Å². The fourth-order valence-electron chi connectivity index (χ4n) is 2.52. The number of fused-ring (bicyclic) bond motifs is 1. The van der Waals surface area contributed by atoms with Crippen LogP contribution in [0.4, 0.5) is 5.69 Å². The van der Waals surface area contributed by atoms with Gasteiger partial charge in [-0.15, -0.1) is 0 Å². The zero-order valence-electron chi connectivity index (χ0n) is 14.1. The number of nitrogens with zero attached hydrogens (tertiary/aromatic N) is 1. The van der Waals surface area contributed by atoms with Gasteiger partial charge in [0.1, 0.15) is 5.75 Å². The average Bonchev–Trinajstić information content (AvgIpc) is 2.63. The predicted octanol–water partition coefficient (Wildman–Crippen LogP) is 3.27. The van der Waals surface area contributed by atoms with E-state index in [4.69, 9.17) is 0 Å². The summed E-state index contributed by atoms with van der Waals surface area (Å²) >= 11 is 0. The van der Waals surface area contributed by atoms with Crippen molar-refractivity contribution in [1.29, 1.82) is 0 Å². The Morgan fingerprint density at radius 2 is 1.73 bits per heavy atom. The molecule has 3 aromatic rings. The molecular weight excluding hydrogens is 330 g/mol. The Labute approximate surface area is 150 Å². The van der Waals surface area contributed by atoms with Crippen LogP contribution < -0.4 is 10.7 Å². The minimum absolute atomic E-state index is 0.0736. The van der Waals surface area contributed by atoms with Crippen molar-refractivity contribution in [2.24, 2.45) is 5.10 Å². The maximum absolute atomic E-state index is 12.2. The summed E-state index contributed by atoms with van der Waals surface area (Å²) in [7, 11) is 0. The van der Waals surface area contributed by atoms with Gasteiger partial charge in [-0.05, 0) is 29.1 Å². The van der Waals surface area contributed by atoms with Gasteiger partial charge < -0.3 is 10.4 Å². The Hall–Kier alpha value is -3.67. The first-order valence-electron chi connectivity index (χ1n) is 7.96. The lowest BCUT2D eigenvalue weighted by Gasteiger charge is -2.06. The molecule has 0 saturated carbocycles. The number of carbonyl (C=O) groups is 2.